The zero-order valence-corrected chi connectivity index (χ0v) is 17.7. The van der Waals surface area contributed by atoms with Gasteiger partial charge in [-0.3, -0.25) is 14.4 Å². The second kappa shape index (κ2) is 10.0. The normalized spacial score (nSPS) is 26.5. The molecule has 1 heterocycles. The third-order valence-electron chi connectivity index (χ3n) is 6.55. The van der Waals surface area contributed by atoms with Crippen LogP contribution in [0.15, 0.2) is 24.3 Å². The molecular formula is C23H31FN2O4. The number of rotatable bonds is 7. The summed E-state index contributed by atoms with van der Waals surface area (Å²) < 4.78 is 18.0. The molecule has 7 heteroatoms. The van der Waals surface area contributed by atoms with E-state index in [-0.39, 0.29) is 36.7 Å². The number of amides is 2. The molecule has 4 atom stereocenters. The van der Waals surface area contributed by atoms with Gasteiger partial charge in [-0.15, -0.1) is 0 Å². The third kappa shape index (κ3) is 5.58. The first-order valence-electron chi connectivity index (χ1n) is 10.8. The number of ether oxygens (including phenoxy) is 1. The Morgan fingerprint density at radius 3 is 2.67 bits per heavy atom. The Morgan fingerprint density at radius 1 is 1.20 bits per heavy atom. The Bertz CT molecular complexity index is 767. The molecule has 1 saturated carbocycles. The highest BCUT2D eigenvalue weighted by Crippen LogP contribution is 2.35. The number of carbonyl (C=O) groups is 3. The fourth-order valence-corrected chi connectivity index (χ4v) is 4.51. The predicted molar refractivity (Wildman–Crippen MR) is 110 cm³/mol. The summed E-state index contributed by atoms with van der Waals surface area (Å²) in [5.74, 6) is -0.686. The fraction of sp³-hybridized carbons (Fsp3) is 0.609. The van der Waals surface area contributed by atoms with Crippen molar-refractivity contribution in [1.29, 1.82) is 0 Å². The Kier molecular flexibility index (Phi) is 7.45. The largest absolute Gasteiger partial charge is 0.455 e. The van der Waals surface area contributed by atoms with Crippen LogP contribution in [0.4, 0.5) is 4.39 Å². The van der Waals surface area contributed by atoms with Crippen LogP contribution in [0.3, 0.4) is 0 Å². The van der Waals surface area contributed by atoms with Crippen LogP contribution in [-0.2, 0) is 25.5 Å². The minimum Gasteiger partial charge on any atom is -0.455 e. The van der Waals surface area contributed by atoms with Gasteiger partial charge in [0.15, 0.2) is 6.61 Å². The van der Waals surface area contributed by atoms with Crippen molar-refractivity contribution < 1.29 is 23.5 Å². The second-order valence-corrected chi connectivity index (χ2v) is 8.62. The Morgan fingerprint density at radius 2 is 1.93 bits per heavy atom. The SMILES string of the molecule is C[C@H]1[C@H](N2C[C@H](C(=O)OCC(=O)NCCc3ccc(F)cc3)CC2=O)CCC[C@@H]1C. The minimum absolute atomic E-state index is 0.00616. The van der Waals surface area contributed by atoms with Gasteiger partial charge in [0.2, 0.25) is 5.91 Å². The van der Waals surface area contributed by atoms with Crippen LogP contribution >= 0.6 is 0 Å². The van der Waals surface area contributed by atoms with Crippen molar-refractivity contribution in [3.05, 3.63) is 35.6 Å². The van der Waals surface area contributed by atoms with E-state index >= 15 is 0 Å². The summed E-state index contributed by atoms with van der Waals surface area (Å²) in [6.07, 6.45) is 3.98. The van der Waals surface area contributed by atoms with Crippen LogP contribution in [0.25, 0.3) is 0 Å². The summed E-state index contributed by atoms with van der Waals surface area (Å²) in [4.78, 5) is 38.7. The summed E-state index contributed by atoms with van der Waals surface area (Å²) in [6.45, 7) is 4.80. The molecule has 1 aliphatic heterocycles. The highest BCUT2D eigenvalue weighted by molar-refractivity contribution is 5.88. The highest BCUT2D eigenvalue weighted by atomic mass is 19.1. The molecule has 30 heavy (non-hydrogen) atoms. The van der Waals surface area contributed by atoms with Crippen LogP contribution in [0, 0.1) is 23.6 Å². The van der Waals surface area contributed by atoms with Crippen LogP contribution in [0.2, 0.25) is 0 Å². The van der Waals surface area contributed by atoms with Gasteiger partial charge in [-0.25, -0.2) is 4.39 Å². The molecule has 0 bridgehead atoms. The van der Waals surface area contributed by atoms with Crippen molar-refractivity contribution in [3.8, 4) is 0 Å². The van der Waals surface area contributed by atoms with Gasteiger partial charge in [0.25, 0.3) is 5.91 Å². The molecule has 164 valence electrons. The van der Waals surface area contributed by atoms with Crippen molar-refractivity contribution in [2.24, 2.45) is 17.8 Å². The topological polar surface area (TPSA) is 75.7 Å². The van der Waals surface area contributed by atoms with Gasteiger partial charge in [-0.2, -0.15) is 0 Å². The van der Waals surface area contributed by atoms with E-state index in [9.17, 15) is 18.8 Å². The lowest BCUT2D eigenvalue weighted by Crippen LogP contribution is -2.45. The van der Waals surface area contributed by atoms with Gasteiger partial charge in [-0.1, -0.05) is 38.8 Å². The van der Waals surface area contributed by atoms with Crippen molar-refractivity contribution in [1.82, 2.24) is 10.2 Å². The molecule has 1 saturated heterocycles. The Labute approximate surface area is 177 Å². The first-order valence-corrected chi connectivity index (χ1v) is 10.8. The van der Waals surface area contributed by atoms with Gasteiger partial charge in [-0.05, 0) is 42.4 Å². The molecule has 1 N–H and O–H groups in total. The van der Waals surface area contributed by atoms with E-state index in [1.807, 2.05) is 4.90 Å². The van der Waals surface area contributed by atoms with Crippen molar-refractivity contribution in [3.63, 3.8) is 0 Å². The number of nitrogens with zero attached hydrogens (tertiary/aromatic N) is 1. The predicted octanol–water partition coefficient (Wildman–Crippen LogP) is 2.70. The number of carbonyl (C=O) groups excluding carboxylic acids is 3. The molecule has 2 aliphatic rings. The molecule has 0 unspecified atom stereocenters. The number of hydrogen-bond acceptors (Lipinski definition) is 4. The fourth-order valence-electron chi connectivity index (χ4n) is 4.51. The molecule has 0 spiro atoms. The molecule has 1 aromatic rings. The summed E-state index contributed by atoms with van der Waals surface area (Å²) >= 11 is 0. The lowest BCUT2D eigenvalue weighted by atomic mass is 9.77. The van der Waals surface area contributed by atoms with E-state index < -0.39 is 11.9 Å². The summed E-state index contributed by atoms with van der Waals surface area (Å²) in [7, 11) is 0. The van der Waals surface area contributed by atoms with Crippen LogP contribution in [-0.4, -0.2) is 48.4 Å². The van der Waals surface area contributed by atoms with Crippen LogP contribution in [0.1, 0.15) is 45.1 Å². The average molecular weight is 419 g/mol. The average Bonchev–Trinajstić information content (AvgIpc) is 3.11. The van der Waals surface area contributed by atoms with Gasteiger partial charge < -0.3 is 15.0 Å². The number of halogens is 1. The van der Waals surface area contributed by atoms with E-state index in [1.54, 1.807) is 12.1 Å². The summed E-state index contributed by atoms with van der Waals surface area (Å²) in [5.41, 5.74) is 0.907. The van der Waals surface area contributed by atoms with Crippen molar-refractivity contribution in [2.45, 2.75) is 52.0 Å². The molecule has 3 rings (SSSR count). The molecule has 2 fully saturated rings. The van der Waals surface area contributed by atoms with Gasteiger partial charge in [0, 0.05) is 25.6 Å². The van der Waals surface area contributed by atoms with E-state index in [1.165, 1.54) is 18.6 Å². The number of likely N-dealkylation sites (tertiary alicyclic amines) is 1. The lowest BCUT2D eigenvalue weighted by Gasteiger charge is -2.39. The number of hydrogen-bond donors (Lipinski definition) is 1. The minimum atomic E-state index is -0.506. The number of nitrogens with one attached hydrogen (secondary N) is 1. The monoisotopic (exact) mass is 418 g/mol. The summed E-state index contributed by atoms with van der Waals surface area (Å²) in [6, 6.07) is 6.27. The van der Waals surface area contributed by atoms with Crippen molar-refractivity contribution in [2.75, 3.05) is 19.7 Å². The second-order valence-electron chi connectivity index (χ2n) is 8.62. The molecule has 1 aromatic carbocycles. The number of esters is 1. The van der Waals surface area contributed by atoms with Gasteiger partial charge >= 0.3 is 5.97 Å². The van der Waals surface area contributed by atoms with Gasteiger partial charge in [0.05, 0.1) is 5.92 Å². The maximum atomic E-state index is 12.9. The van der Waals surface area contributed by atoms with E-state index in [4.69, 9.17) is 4.74 Å². The van der Waals surface area contributed by atoms with E-state index in [0.717, 1.165) is 18.4 Å². The number of benzene rings is 1. The van der Waals surface area contributed by atoms with Crippen LogP contribution in [0.5, 0.6) is 0 Å². The van der Waals surface area contributed by atoms with E-state index in [0.29, 0.717) is 31.3 Å². The molecule has 0 aromatic heterocycles. The maximum absolute atomic E-state index is 12.9. The molecule has 0 radical (unpaired) electrons. The first-order chi connectivity index (χ1) is 14.3. The molecule has 1 aliphatic carbocycles. The summed E-state index contributed by atoms with van der Waals surface area (Å²) in [5, 5.41) is 2.68. The first kappa shape index (κ1) is 22.2. The lowest BCUT2D eigenvalue weighted by molar-refractivity contribution is -0.152. The molecular weight excluding hydrogens is 387 g/mol. The highest BCUT2D eigenvalue weighted by Gasteiger charge is 2.42. The molecule has 2 amide bonds. The maximum Gasteiger partial charge on any atom is 0.311 e. The standard InChI is InChI=1S/C23H31FN2O4/c1-15-4-3-5-20(16(15)2)26-13-18(12-22(26)28)23(29)30-14-21(27)25-11-10-17-6-8-19(24)9-7-17/h6-9,15-16,18,20H,3-5,10-14H2,1-2H3,(H,25,27)/t15-,16+,18+,20+/m0/s1. The van der Waals surface area contributed by atoms with Crippen LogP contribution < -0.4 is 5.32 Å². The third-order valence-corrected chi connectivity index (χ3v) is 6.55. The zero-order valence-electron chi connectivity index (χ0n) is 17.7. The Balaban J connectivity index is 1.39. The van der Waals surface area contributed by atoms with Gasteiger partial charge in [0.1, 0.15) is 5.82 Å². The Hall–Kier alpha value is -2.44. The van der Waals surface area contributed by atoms with E-state index in [2.05, 4.69) is 19.2 Å². The quantitative estimate of drug-likeness (QED) is 0.691. The smallest absolute Gasteiger partial charge is 0.311 e. The molecule has 6 nitrogen and oxygen atoms in total. The zero-order chi connectivity index (χ0) is 21.7. The van der Waals surface area contributed by atoms with Crippen molar-refractivity contribution >= 4 is 17.8 Å².